The van der Waals surface area contributed by atoms with Gasteiger partial charge in [0.25, 0.3) is 0 Å². The van der Waals surface area contributed by atoms with Crippen molar-refractivity contribution in [1.29, 1.82) is 0 Å². The molecule has 2 aromatic heterocycles. The number of fused-ring (bicyclic) bond motifs is 1. The van der Waals surface area contributed by atoms with Crippen LogP contribution in [0.25, 0.3) is 5.65 Å². The van der Waals surface area contributed by atoms with Crippen molar-refractivity contribution in [3.8, 4) is 0 Å². The first kappa shape index (κ1) is 13.6. The third kappa shape index (κ3) is 2.79. The molecule has 0 aliphatic heterocycles. The van der Waals surface area contributed by atoms with Gasteiger partial charge in [-0.25, -0.2) is 0 Å². The van der Waals surface area contributed by atoms with Gasteiger partial charge in [0.1, 0.15) is 5.82 Å². The predicted molar refractivity (Wildman–Crippen MR) is 67.1 cm³/mol. The highest BCUT2D eigenvalue weighted by atomic mass is 16.2. The highest BCUT2D eigenvalue weighted by Gasteiger charge is 2.10. The molecule has 2 rings (SSSR count). The molecular formula is C12H20N4O. The van der Waals surface area contributed by atoms with Gasteiger partial charge in [0, 0.05) is 19.2 Å². The van der Waals surface area contributed by atoms with Gasteiger partial charge in [-0.15, -0.1) is 10.2 Å². The summed E-state index contributed by atoms with van der Waals surface area (Å²) in [5.41, 5.74) is 1.90. The molecule has 0 aliphatic rings. The molecule has 0 saturated heterocycles. The molecule has 0 amide bonds. The van der Waals surface area contributed by atoms with Crippen LogP contribution < -0.4 is 0 Å². The average Bonchev–Trinajstić information content (AvgIpc) is 2.74. The van der Waals surface area contributed by atoms with Crippen molar-refractivity contribution in [3.63, 3.8) is 0 Å². The first-order valence-electron chi connectivity index (χ1n) is 5.75. The van der Waals surface area contributed by atoms with E-state index >= 15 is 0 Å². The van der Waals surface area contributed by atoms with Crippen LogP contribution in [0, 0.1) is 0 Å². The van der Waals surface area contributed by atoms with Gasteiger partial charge in [0.05, 0.1) is 11.9 Å². The molecule has 2 heterocycles. The number of aliphatic hydroxyl groups is 1. The van der Waals surface area contributed by atoms with E-state index in [0.29, 0.717) is 11.8 Å². The Morgan fingerprint density at radius 1 is 1.06 bits per heavy atom. The van der Waals surface area contributed by atoms with E-state index in [9.17, 15) is 0 Å². The van der Waals surface area contributed by atoms with Crippen LogP contribution >= 0.6 is 0 Å². The van der Waals surface area contributed by atoms with Crippen LogP contribution in [-0.4, -0.2) is 31.8 Å². The van der Waals surface area contributed by atoms with Gasteiger partial charge >= 0.3 is 0 Å². The summed E-state index contributed by atoms with van der Waals surface area (Å²) in [7, 11) is 1.00. The number of aliphatic hydroxyl groups excluding tert-OH is 1. The lowest BCUT2D eigenvalue weighted by molar-refractivity contribution is 0.399. The smallest absolute Gasteiger partial charge is 0.179 e. The maximum atomic E-state index is 7.00. The predicted octanol–water partition coefficient (Wildman–Crippen LogP) is 1.98. The Bertz CT molecular complexity index is 476. The molecule has 5 heteroatoms. The maximum Gasteiger partial charge on any atom is 0.179 e. The summed E-state index contributed by atoms with van der Waals surface area (Å²) in [5, 5.41) is 15.3. The fraction of sp³-hybridized carbons (Fsp3) is 0.583. The number of nitrogens with zero attached hydrogens (tertiary/aromatic N) is 4. The molecule has 0 aliphatic carbocycles. The third-order valence-electron chi connectivity index (χ3n) is 2.45. The molecule has 0 fully saturated rings. The summed E-state index contributed by atoms with van der Waals surface area (Å²) in [4.78, 5) is 4.36. The standard InChI is InChI=1S/C11H16N4.CH4O/c1-7(2)9-6-15-10(5-12-9)13-14-11(15)8(3)4;1-2/h5-8H,1-4H3;2H,1H3. The topological polar surface area (TPSA) is 63.3 Å². The molecule has 1 N–H and O–H groups in total. The Labute approximate surface area is 102 Å². The normalized spacial score (nSPS) is 10.8. The average molecular weight is 236 g/mol. The van der Waals surface area contributed by atoms with E-state index in [2.05, 4.69) is 42.9 Å². The van der Waals surface area contributed by atoms with Gasteiger partial charge in [-0.2, -0.15) is 0 Å². The Morgan fingerprint density at radius 3 is 2.24 bits per heavy atom. The van der Waals surface area contributed by atoms with E-state index in [-0.39, 0.29) is 0 Å². The number of aromatic nitrogens is 4. The van der Waals surface area contributed by atoms with Gasteiger partial charge < -0.3 is 5.11 Å². The van der Waals surface area contributed by atoms with E-state index in [1.165, 1.54) is 0 Å². The van der Waals surface area contributed by atoms with Crippen molar-refractivity contribution in [3.05, 3.63) is 23.9 Å². The number of hydrogen-bond acceptors (Lipinski definition) is 4. The molecule has 0 unspecified atom stereocenters. The second-order valence-electron chi connectivity index (χ2n) is 4.41. The van der Waals surface area contributed by atoms with Crippen molar-refractivity contribution in [2.75, 3.05) is 7.11 Å². The molecular weight excluding hydrogens is 216 g/mol. The van der Waals surface area contributed by atoms with Crippen LogP contribution in [0.3, 0.4) is 0 Å². The fourth-order valence-corrected chi connectivity index (χ4v) is 1.53. The van der Waals surface area contributed by atoms with E-state index in [1.54, 1.807) is 6.20 Å². The van der Waals surface area contributed by atoms with Crippen molar-refractivity contribution in [2.45, 2.75) is 39.5 Å². The van der Waals surface area contributed by atoms with Crippen molar-refractivity contribution in [2.24, 2.45) is 0 Å². The summed E-state index contributed by atoms with van der Waals surface area (Å²) >= 11 is 0. The second kappa shape index (κ2) is 5.72. The highest BCUT2D eigenvalue weighted by molar-refractivity contribution is 5.36. The zero-order valence-electron chi connectivity index (χ0n) is 11.0. The van der Waals surface area contributed by atoms with Crippen LogP contribution in [0.2, 0.25) is 0 Å². The van der Waals surface area contributed by atoms with Crippen LogP contribution in [0.4, 0.5) is 0 Å². The minimum atomic E-state index is 0.377. The summed E-state index contributed by atoms with van der Waals surface area (Å²) in [6.07, 6.45) is 3.82. The summed E-state index contributed by atoms with van der Waals surface area (Å²) < 4.78 is 2.03. The van der Waals surface area contributed by atoms with Gasteiger partial charge in [0.2, 0.25) is 0 Å². The number of hydrogen-bond donors (Lipinski definition) is 1. The Balaban J connectivity index is 0.000000686. The molecule has 2 aromatic rings. The van der Waals surface area contributed by atoms with Crippen LogP contribution in [0.15, 0.2) is 12.4 Å². The van der Waals surface area contributed by atoms with E-state index < -0.39 is 0 Å². The number of rotatable bonds is 2. The summed E-state index contributed by atoms with van der Waals surface area (Å²) in [6, 6.07) is 0. The molecule has 0 spiro atoms. The van der Waals surface area contributed by atoms with Crippen LogP contribution in [-0.2, 0) is 0 Å². The molecule has 0 aromatic carbocycles. The Kier molecular flexibility index (Phi) is 4.57. The second-order valence-corrected chi connectivity index (χ2v) is 4.41. The summed E-state index contributed by atoms with van der Waals surface area (Å²) in [5.74, 6) is 1.80. The first-order valence-corrected chi connectivity index (χ1v) is 5.75. The zero-order chi connectivity index (χ0) is 13.0. The summed E-state index contributed by atoms with van der Waals surface area (Å²) in [6.45, 7) is 8.50. The molecule has 0 saturated carbocycles. The fourth-order valence-electron chi connectivity index (χ4n) is 1.53. The van der Waals surface area contributed by atoms with Gasteiger partial charge in [0.15, 0.2) is 5.65 Å². The molecule has 5 nitrogen and oxygen atoms in total. The van der Waals surface area contributed by atoms with Crippen molar-refractivity contribution >= 4 is 5.65 Å². The quantitative estimate of drug-likeness (QED) is 0.866. The minimum absolute atomic E-state index is 0.377. The lowest BCUT2D eigenvalue weighted by atomic mass is 10.1. The van der Waals surface area contributed by atoms with Gasteiger partial charge in [-0.3, -0.25) is 9.38 Å². The Hall–Kier alpha value is -1.49. The zero-order valence-corrected chi connectivity index (χ0v) is 11.0. The molecule has 0 atom stereocenters. The molecule has 17 heavy (non-hydrogen) atoms. The minimum Gasteiger partial charge on any atom is -0.400 e. The van der Waals surface area contributed by atoms with Gasteiger partial charge in [-0.1, -0.05) is 27.7 Å². The third-order valence-corrected chi connectivity index (χ3v) is 2.45. The largest absolute Gasteiger partial charge is 0.400 e. The molecule has 94 valence electrons. The van der Waals surface area contributed by atoms with E-state index in [0.717, 1.165) is 24.3 Å². The highest BCUT2D eigenvalue weighted by Crippen LogP contribution is 2.16. The van der Waals surface area contributed by atoms with E-state index in [4.69, 9.17) is 5.11 Å². The van der Waals surface area contributed by atoms with Crippen LogP contribution in [0.1, 0.15) is 51.0 Å². The maximum absolute atomic E-state index is 7.00. The first-order chi connectivity index (χ1) is 8.09. The molecule has 0 bridgehead atoms. The van der Waals surface area contributed by atoms with Crippen molar-refractivity contribution < 1.29 is 5.11 Å². The lowest BCUT2D eigenvalue weighted by Gasteiger charge is -2.06. The van der Waals surface area contributed by atoms with Crippen molar-refractivity contribution in [1.82, 2.24) is 19.6 Å². The van der Waals surface area contributed by atoms with E-state index in [1.807, 2.05) is 10.6 Å². The lowest BCUT2D eigenvalue weighted by Crippen LogP contribution is -2.01. The van der Waals surface area contributed by atoms with Crippen LogP contribution in [0.5, 0.6) is 0 Å². The Morgan fingerprint density at radius 2 is 1.71 bits per heavy atom. The van der Waals surface area contributed by atoms with Gasteiger partial charge in [-0.05, 0) is 5.92 Å². The molecule has 0 radical (unpaired) electrons. The SMILES string of the molecule is CC(C)c1cn2c(C(C)C)nnc2cn1.CO. The monoisotopic (exact) mass is 236 g/mol.